The fourth-order valence-electron chi connectivity index (χ4n) is 1.12. The average molecular weight is 141 g/mol. The number of rotatable bonds is 1. The van der Waals surface area contributed by atoms with Gasteiger partial charge < -0.3 is 4.74 Å². The summed E-state index contributed by atoms with van der Waals surface area (Å²) in [7, 11) is 1.80. The summed E-state index contributed by atoms with van der Waals surface area (Å²) in [5.74, 6) is 0. The fraction of sp³-hybridized carbons (Fsp3) is 0.875. The molecular weight excluding hydrogens is 126 g/mol. The summed E-state index contributed by atoms with van der Waals surface area (Å²) in [6, 6.07) is 1.75. The van der Waals surface area contributed by atoms with Crippen LogP contribution in [0.3, 0.4) is 0 Å². The maximum Gasteiger partial charge on any atom is 0.0587 e. The molecule has 0 bridgehead atoms. The Morgan fingerprint density at radius 2 is 1.80 bits per heavy atom. The molecule has 1 saturated carbocycles. The van der Waals surface area contributed by atoms with E-state index < -0.39 is 0 Å². The van der Waals surface area contributed by atoms with E-state index in [1.165, 1.54) is 32.6 Å². The van der Waals surface area contributed by atoms with Crippen molar-refractivity contribution in [3.63, 3.8) is 0 Å². The van der Waals surface area contributed by atoms with Crippen molar-refractivity contribution in [3.05, 3.63) is 0 Å². The van der Waals surface area contributed by atoms with Crippen LogP contribution in [-0.4, -0.2) is 13.2 Å². The van der Waals surface area contributed by atoms with Crippen LogP contribution in [0.5, 0.6) is 0 Å². The zero-order valence-electron chi connectivity index (χ0n) is 6.76. The molecular formula is C8H15NO. The van der Waals surface area contributed by atoms with E-state index in [1.807, 2.05) is 0 Å². The van der Waals surface area contributed by atoms with Crippen molar-refractivity contribution in [1.82, 2.24) is 0 Å². The third kappa shape index (κ3) is 4.34. The summed E-state index contributed by atoms with van der Waals surface area (Å²) < 4.78 is 5.11. The van der Waals surface area contributed by atoms with Crippen molar-refractivity contribution < 1.29 is 4.74 Å². The lowest BCUT2D eigenvalue weighted by Crippen LogP contribution is -2.01. The van der Waals surface area contributed by atoms with Crippen molar-refractivity contribution in [1.29, 1.82) is 5.26 Å². The van der Waals surface area contributed by atoms with Gasteiger partial charge in [-0.1, -0.05) is 12.8 Å². The van der Waals surface area contributed by atoms with Gasteiger partial charge in [-0.15, -0.1) is 0 Å². The lowest BCUT2D eigenvalue weighted by molar-refractivity contribution is 0.109. The highest BCUT2D eigenvalue weighted by Gasteiger charge is 2.12. The van der Waals surface area contributed by atoms with Crippen LogP contribution in [0.25, 0.3) is 0 Å². The Morgan fingerprint density at radius 1 is 1.40 bits per heavy atom. The lowest BCUT2D eigenvalue weighted by atomic mass is 10.3. The zero-order valence-corrected chi connectivity index (χ0v) is 6.76. The van der Waals surface area contributed by atoms with Crippen LogP contribution in [0.15, 0.2) is 0 Å². The Kier molecular flexibility index (Phi) is 6.21. The minimum atomic E-state index is 0.597. The summed E-state index contributed by atoms with van der Waals surface area (Å²) >= 11 is 0. The number of hydrogen-bond acceptors (Lipinski definition) is 2. The first-order valence-corrected chi connectivity index (χ1v) is 3.68. The first-order valence-electron chi connectivity index (χ1n) is 3.68. The fourth-order valence-corrected chi connectivity index (χ4v) is 1.12. The number of ether oxygens (including phenoxy) is 1. The molecule has 0 saturated heterocycles. The van der Waals surface area contributed by atoms with Crippen LogP contribution in [0.2, 0.25) is 0 Å². The monoisotopic (exact) mass is 141 g/mol. The number of hydrogen-bond donors (Lipinski definition) is 0. The standard InChI is InChI=1S/C6H12O.C2H3N/c1-7-6-4-2-3-5-6;1-2-3/h6H,2-5H2,1H3;1H3. The van der Waals surface area contributed by atoms with Gasteiger partial charge in [0.05, 0.1) is 12.2 Å². The van der Waals surface area contributed by atoms with E-state index in [0.29, 0.717) is 6.10 Å². The molecule has 1 aliphatic carbocycles. The molecule has 0 radical (unpaired) electrons. The lowest BCUT2D eigenvalue weighted by Gasteiger charge is -2.02. The van der Waals surface area contributed by atoms with Gasteiger partial charge in [0.15, 0.2) is 0 Å². The minimum Gasteiger partial charge on any atom is -0.381 e. The molecule has 2 heteroatoms. The smallest absolute Gasteiger partial charge is 0.0587 e. The van der Waals surface area contributed by atoms with Gasteiger partial charge in [-0.2, -0.15) is 5.26 Å². The molecule has 10 heavy (non-hydrogen) atoms. The Morgan fingerprint density at radius 3 is 2.00 bits per heavy atom. The molecule has 1 aliphatic rings. The topological polar surface area (TPSA) is 33.0 Å². The van der Waals surface area contributed by atoms with Crippen molar-refractivity contribution in [2.75, 3.05) is 7.11 Å². The van der Waals surface area contributed by atoms with Crippen LogP contribution < -0.4 is 0 Å². The molecule has 0 aromatic rings. The Balaban J connectivity index is 0.000000236. The highest BCUT2D eigenvalue weighted by atomic mass is 16.5. The molecule has 0 aromatic carbocycles. The van der Waals surface area contributed by atoms with Crippen molar-refractivity contribution in [2.45, 2.75) is 38.7 Å². The van der Waals surface area contributed by atoms with Gasteiger partial charge in [0, 0.05) is 14.0 Å². The van der Waals surface area contributed by atoms with Crippen LogP contribution in [-0.2, 0) is 4.74 Å². The quantitative estimate of drug-likeness (QED) is 0.560. The Hall–Kier alpha value is -0.550. The number of nitrogens with zero attached hydrogens (tertiary/aromatic N) is 1. The highest BCUT2D eigenvalue weighted by molar-refractivity contribution is 4.65. The first-order chi connectivity index (χ1) is 4.85. The molecule has 0 N–H and O–H groups in total. The summed E-state index contributed by atoms with van der Waals surface area (Å²) in [4.78, 5) is 0. The number of methoxy groups -OCH3 is 1. The van der Waals surface area contributed by atoms with Crippen molar-refractivity contribution in [3.8, 4) is 6.07 Å². The van der Waals surface area contributed by atoms with E-state index >= 15 is 0 Å². The molecule has 58 valence electrons. The third-order valence-corrected chi connectivity index (χ3v) is 1.64. The summed E-state index contributed by atoms with van der Waals surface area (Å²) in [5, 5.41) is 7.32. The van der Waals surface area contributed by atoms with Gasteiger partial charge in [0.25, 0.3) is 0 Å². The van der Waals surface area contributed by atoms with Crippen LogP contribution in [0, 0.1) is 11.3 Å². The van der Waals surface area contributed by atoms with Crippen LogP contribution in [0.4, 0.5) is 0 Å². The Labute approximate surface area is 62.8 Å². The maximum absolute atomic E-state index is 7.32. The normalized spacial score (nSPS) is 17.3. The van der Waals surface area contributed by atoms with E-state index in [0.717, 1.165) is 0 Å². The van der Waals surface area contributed by atoms with Crippen LogP contribution >= 0.6 is 0 Å². The molecule has 0 aliphatic heterocycles. The van der Waals surface area contributed by atoms with Gasteiger partial charge in [0.2, 0.25) is 0 Å². The maximum atomic E-state index is 7.32. The van der Waals surface area contributed by atoms with Gasteiger partial charge >= 0.3 is 0 Å². The first kappa shape index (κ1) is 9.45. The van der Waals surface area contributed by atoms with E-state index in [-0.39, 0.29) is 0 Å². The zero-order chi connectivity index (χ0) is 7.82. The summed E-state index contributed by atoms with van der Waals surface area (Å²) in [6.07, 6.45) is 5.92. The minimum absolute atomic E-state index is 0.597. The van der Waals surface area contributed by atoms with Crippen molar-refractivity contribution >= 4 is 0 Å². The Bertz CT molecular complexity index is 100. The summed E-state index contributed by atoms with van der Waals surface area (Å²) in [6.45, 7) is 1.43. The summed E-state index contributed by atoms with van der Waals surface area (Å²) in [5.41, 5.74) is 0. The van der Waals surface area contributed by atoms with Crippen LogP contribution in [0.1, 0.15) is 32.6 Å². The van der Waals surface area contributed by atoms with E-state index in [9.17, 15) is 0 Å². The van der Waals surface area contributed by atoms with Gasteiger partial charge in [-0.25, -0.2) is 0 Å². The molecule has 1 rings (SSSR count). The molecule has 0 amide bonds. The van der Waals surface area contributed by atoms with E-state index in [2.05, 4.69) is 0 Å². The predicted molar refractivity (Wildman–Crippen MR) is 40.6 cm³/mol. The molecule has 0 heterocycles. The van der Waals surface area contributed by atoms with E-state index in [1.54, 1.807) is 13.2 Å². The molecule has 0 atom stereocenters. The second-order valence-corrected chi connectivity index (χ2v) is 2.37. The van der Waals surface area contributed by atoms with Gasteiger partial charge in [0.1, 0.15) is 0 Å². The SMILES string of the molecule is CC#N.COC1CCCC1. The third-order valence-electron chi connectivity index (χ3n) is 1.64. The molecule has 2 nitrogen and oxygen atoms in total. The van der Waals surface area contributed by atoms with E-state index in [4.69, 9.17) is 10.00 Å². The second-order valence-electron chi connectivity index (χ2n) is 2.37. The average Bonchev–Trinajstić information content (AvgIpc) is 2.39. The van der Waals surface area contributed by atoms with Crippen molar-refractivity contribution in [2.24, 2.45) is 0 Å². The molecule has 0 spiro atoms. The molecule has 0 unspecified atom stereocenters. The molecule has 0 aromatic heterocycles. The molecule has 1 fully saturated rings. The van der Waals surface area contributed by atoms with Gasteiger partial charge in [-0.05, 0) is 12.8 Å². The van der Waals surface area contributed by atoms with Gasteiger partial charge in [-0.3, -0.25) is 0 Å². The highest BCUT2D eigenvalue weighted by Crippen LogP contribution is 2.19. The number of nitriles is 1. The second kappa shape index (κ2) is 6.57. The largest absolute Gasteiger partial charge is 0.381 e. The predicted octanol–water partition coefficient (Wildman–Crippen LogP) is 2.11.